The topological polar surface area (TPSA) is 47.0 Å². The van der Waals surface area contributed by atoms with Crippen LogP contribution >= 0.6 is 31.9 Å². The second kappa shape index (κ2) is 6.99. The molecule has 0 saturated carbocycles. The Kier molecular flexibility index (Phi) is 5.31. The van der Waals surface area contributed by atoms with E-state index in [4.69, 9.17) is 4.74 Å². The lowest BCUT2D eigenvalue weighted by atomic mass is 10.3. The molecule has 2 aromatic rings. The van der Waals surface area contributed by atoms with Crippen LogP contribution in [0.1, 0.15) is 13.3 Å². The normalized spacial score (nSPS) is 10.4. The first kappa shape index (κ1) is 15.2. The summed E-state index contributed by atoms with van der Waals surface area (Å²) >= 11 is 6.48. The summed E-state index contributed by atoms with van der Waals surface area (Å²) in [6.45, 7) is 2.80. The maximum absolute atomic E-state index is 13.7. The molecule has 1 N–H and O–H groups in total. The fourth-order valence-corrected chi connectivity index (χ4v) is 2.01. The van der Waals surface area contributed by atoms with Crippen LogP contribution in [0, 0.1) is 5.82 Å². The number of benzene rings is 1. The molecule has 1 aromatic heterocycles. The molecule has 0 saturated heterocycles. The van der Waals surface area contributed by atoms with Crippen molar-refractivity contribution in [2.75, 3.05) is 11.9 Å². The zero-order chi connectivity index (χ0) is 14.5. The van der Waals surface area contributed by atoms with Crippen molar-refractivity contribution in [1.82, 2.24) is 9.97 Å². The Morgan fingerprint density at radius 1 is 1.35 bits per heavy atom. The molecule has 0 amide bonds. The highest BCUT2D eigenvalue weighted by molar-refractivity contribution is 9.10. The molecule has 0 bridgehead atoms. The largest absolute Gasteiger partial charge is 0.435 e. The van der Waals surface area contributed by atoms with Gasteiger partial charge in [0.05, 0.1) is 10.7 Å². The standard InChI is InChI=1S/C13H12Br2FN3O/c1-2-5-17-13-18-7-9(15)12(19-13)20-11-4-3-8(14)6-10(11)16/h3-4,6-7H,2,5H2,1H3,(H,17,18,19). The van der Waals surface area contributed by atoms with E-state index in [0.29, 0.717) is 14.9 Å². The van der Waals surface area contributed by atoms with Gasteiger partial charge in [-0.1, -0.05) is 22.9 Å². The summed E-state index contributed by atoms with van der Waals surface area (Å²) in [6, 6.07) is 4.57. The molecule has 0 fully saturated rings. The lowest BCUT2D eigenvalue weighted by Gasteiger charge is -2.09. The maximum atomic E-state index is 13.7. The molecule has 0 spiro atoms. The van der Waals surface area contributed by atoms with Gasteiger partial charge in [-0.2, -0.15) is 4.98 Å². The van der Waals surface area contributed by atoms with Crippen LogP contribution in [0.2, 0.25) is 0 Å². The second-order valence-corrected chi connectivity index (χ2v) is 5.72. The van der Waals surface area contributed by atoms with E-state index in [2.05, 4.69) is 47.1 Å². The van der Waals surface area contributed by atoms with Gasteiger partial charge in [-0.3, -0.25) is 0 Å². The molecule has 7 heteroatoms. The van der Waals surface area contributed by atoms with Gasteiger partial charge in [0.2, 0.25) is 11.8 Å². The van der Waals surface area contributed by atoms with Crippen LogP contribution in [0.3, 0.4) is 0 Å². The van der Waals surface area contributed by atoms with E-state index in [1.165, 1.54) is 12.1 Å². The van der Waals surface area contributed by atoms with Crippen molar-refractivity contribution in [3.8, 4) is 11.6 Å². The van der Waals surface area contributed by atoms with Crippen LogP contribution in [-0.4, -0.2) is 16.5 Å². The van der Waals surface area contributed by atoms with Crippen molar-refractivity contribution in [3.63, 3.8) is 0 Å². The van der Waals surface area contributed by atoms with Crippen LogP contribution in [0.5, 0.6) is 11.6 Å². The highest BCUT2D eigenvalue weighted by atomic mass is 79.9. The van der Waals surface area contributed by atoms with Gasteiger partial charge in [0.1, 0.15) is 0 Å². The molecule has 0 aliphatic carbocycles. The highest BCUT2D eigenvalue weighted by Crippen LogP contribution is 2.30. The Morgan fingerprint density at radius 3 is 2.85 bits per heavy atom. The third kappa shape index (κ3) is 3.89. The first-order valence-electron chi connectivity index (χ1n) is 5.99. The average Bonchev–Trinajstić information content (AvgIpc) is 2.42. The van der Waals surface area contributed by atoms with Gasteiger partial charge in [0.25, 0.3) is 0 Å². The Morgan fingerprint density at radius 2 is 2.15 bits per heavy atom. The van der Waals surface area contributed by atoms with Gasteiger partial charge >= 0.3 is 0 Å². The number of halogens is 3. The fourth-order valence-electron chi connectivity index (χ4n) is 1.41. The van der Waals surface area contributed by atoms with Gasteiger partial charge < -0.3 is 10.1 Å². The Hall–Kier alpha value is -1.21. The lowest BCUT2D eigenvalue weighted by Crippen LogP contribution is -2.05. The molecule has 0 aliphatic rings. The first-order valence-corrected chi connectivity index (χ1v) is 7.58. The molecule has 2 rings (SSSR count). The summed E-state index contributed by atoms with van der Waals surface area (Å²) in [5, 5.41) is 3.05. The number of nitrogens with one attached hydrogen (secondary N) is 1. The van der Waals surface area contributed by atoms with E-state index in [1.807, 2.05) is 6.92 Å². The van der Waals surface area contributed by atoms with Gasteiger partial charge in [0.15, 0.2) is 11.6 Å². The molecule has 0 aliphatic heterocycles. The molecule has 0 radical (unpaired) electrons. The van der Waals surface area contributed by atoms with Crippen molar-refractivity contribution >= 4 is 37.8 Å². The predicted molar refractivity (Wildman–Crippen MR) is 82.7 cm³/mol. The summed E-state index contributed by atoms with van der Waals surface area (Å²) in [5.41, 5.74) is 0. The number of hydrogen-bond acceptors (Lipinski definition) is 4. The molecule has 0 unspecified atom stereocenters. The quantitative estimate of drug-likeness (QED) is 0.780. The molecule has 4 nitrogen and oxygen atoms in total. The van der Waals surface area contributed by atoms with Gasteiger partial charge in [-0.15, -0.1) is 0 Å². The van der Waals surface area contributed by atoms with Gasteiger partial charge in [0, 0.05) is 11.0 Å². The van der Waals surface area contributed by atoms with Crippen LogP contribution in [0.15, 0.2) is 33.3 Å². The number of nitrogens with zero attached hydrogens (tertiary/aromatic N) is 2. The van der Waals surface area contributed by atoms with E-state index in [0.717, 1.165) is 13.0 Å². The molecule has 106 valence electrons. The number of anilines is 1. The van der Waals surface area contributed by atoms with E-state index >= 15 is 0 Å². The Balaban J connectivity index is 2.23. The van der Waals surface area contributed by atoms with Crippen LogP contribution < -0.4 is 10.1 Å². The Bertz CT molecular complexity index is 610. The van der Waals surface area contributed by atoms with E-state index in [-0.39, 0.29) is 11.6 Å². The summed E-state index contributed by atoms with van der Waals surface area (Å²) in [6.07, 6.45) is 2.52. The predicted octanol–water partition coefficient (Wildman–Crippen LogP) is 4.75. The van der Waals surface area contributed by atoms with E-state index in [9.17, 15) is 4.39 Å². The minimum atomic E-state index is -0.465. The lowest BCUT2D eigenvalue weighted by molar-refractivity contribution is 0.424. The molecule has 1 heterocycles. The second-order valence-electron chi connectivity index (χ2n) is 3.95. The minimum Gasteiger partial charge on any atom is -0.435 e. The molecule has 1 aromatic carbocycles. The maximum Gasteiger partial charge on any atom is 0.238 e. The fraction of sp³-hybridized carbons (Fsp3) is 0.231. The molecule has 0 atom stereocenters. The number of hydrogen-bond donors (Lipinski definition) is 1. The average molecular weight is 405 g/mol. The summed E-state index contributed by atoms with van der Waals surface area (Å²) in [5.74, 6) is 0.351. The van der Waals surface area contributed by atoms with Crippen molar-refractivity contribution in [2.45, 2.75) is 13.3 Å². The SMILES string of the molecule is CCCNc1ncc(Br)c(Oc2ccc(Br)cc2F)n1. The van der Waals surface area contributed by atoms with Crippen LogP contribution in [-0.2, 0) is 0 Å². The third-order valence-corrected chi connectivity index (χ3v) is 3.38. The van der Waals surface area contributed by atoms with E-state index < -0.39 is 5.82 Å². The van der Waals surface area contributed by atoms with Crippen molar-refractivity contribution in [2.24, 2.45) is 0 Å². The number of aromatic nitrogens is 2. The van der Waals surface area contributed by atoms with E-state index in [1.54, 1.807) is 12.3 Å². The molecular formula is C13H12Br2FN3O. The first-order chi connectivity index (χ1) is 9.60. The Labute approximate surface area is 133 Å². The zero-order valence-corrected chi connectivity index (χ0v) is 13.8. The van der Waals surface area contributed by atoms with Crippen molar-refractivity contribution in [3.05, 3.63) is 39.2 Å². The zero-order valence-electron chi connectivity index (χ0n) is 10.7. The summed E-state index contributed by atoms with van der Waals surface area (Å²) in [7, 11) is 0. The number of ether oxygens (including phenoxy) is 1. The van der Waals surface area contributed by atoms with Crippen LogP contribution in [0.25, 0.3) is 0 Å². The van der Waals surface area contributed by atoms with Crippen LogP contribution in [0.4, 0.5) is 10.3 Å². The summed E-state index contributed by atoms with van der Waals surface area (Å²) < 4.78 is 20.4. The molecule has 20 heavy (non-hydrogen) atoms. The van der Waals surface area contributed by atoms with Crippen molar-refractivity contribution in [1.29, 1.82) is 0 Å². The highest BCUT2D eigenvalue weighted by Gasteiger charge is 2.11. The monoisotopic (exact) mass is 403 g/mol. The smallest absolute Gasteiger partial charge is 0.238 e. The number of rotatable bonds is 5. The summed E-state index contributed by atoms with van der Waals surface area (Å²) in [4.78, 5) is 8.30. The van der Waals surface area contributed by atoms with Crippen molar-refractivity contribution < 1.29 is 9.13 Å². The van der Waals surface area contributed by atoms with Gasteiger partial charge in [-0.05, 0) is 40.5 Å². The minimum absolute atomic E-state index is 0.106. The van der Waals surface area contributed by atoms with Gasteiger partial charge in [-0.25, -0.2) is 9.37 Å². The molecular weight excluding hydrogens is 393 g/mol. The third-order valence-electron chi connectivity index (χ3n) is 2.35.